The predicted octanol–water partition coefficient (Wildman–Crippen LogP) is 3.32. The molecule has 0 saturated heterocycles. The second-order valence-electron chi connectivity index (χ2n) is 4.37. The Morgan fingerprint density at radius 1 is 1.33 bits per heavy atom. The summed E-state index contributed by atoms with van der Waals surface area (Å²) in [6.07, 6.45) is 0. The second-order valence-corrected chi connectivity index (χ2v) is 5.53. The molecule has 21 heavy (non-hydrogen) atoms. The maximum Gasteiger partial charge on any atom is 0.335 e. The molecule has 0 aliphatic heterocycles. The van der Waals surface area contributed by atoms with Crippen molar-refractivity contribution in [3.63, 3.8) is 0 Å². The molecule has 2 aromatic rings. The number of aromatic hydroxyl groups is 1. The quantitative estimate of drug-likeness (QED) is 0.673. The van der Waals surface area contributed by atoms with Crippen molar-refractivity contribution < 1.29 is 19.7 Å². The first-order chi connectivity index (χ1) is 10.0. The average molecular weight is 399 g/mol. The van der Waals surface area contributed by atoms with Gasteiger partial charge in [0.25, 0.3) is 0 Å². The molecule has 3 N–H and O–H groups in total. The highest BCUT2D eigenvalue weighted by atomic mass is 127. The van der Waals surface area contributed by atoms with E-state index >= 15 is 0 Å². The summed E-state index contributed by atoms with van der Waals surface area (Å²) in [7, 11) is 1.50. The molecule has 0 aliphatic rings. The van der Waals surface area contributed by atoms with Crippen molar-refractivity contribution in [1.82, 2.24) is 0 Å². The summed E-state index contributed by atoms with van der Waals surface area (Å²) in [4.78, 5) is 10.9. The lowest BCUT2D eigenvalue weighted by atomic mass is 10.1. The average Bonchev–Trinajstić information content (AvgIpc) is 2.48. The Morgan fingerprint density at radius 3 is 2.76 bits per heavy atom. The van der Waals surface area contributed by atoms with Gasteiger partial charge in [0.15, 0.2) is 11.5 Å². The van der Waals surface area contributed by atoms with Crippen LogP contribution in [0.4, 0.5) is 5.69 Å². The van der Waals surface area contributed by atoms with E-state index < -0.39 is 5.97 Å². The fourth-order valence-electron chi connectivity index (χ4n) is 1.85. The zero-order chi connectivity index (χ0) is 15.4. The normalized spacial score (nSPS) is 10.2. The molecule has 110 valence electrons. The van der Waals surface area contributed by atoms with Gasteiger partial charge in [0, 0.05) is 12.2 Å². The second kappa shape index (κ2) is 6.66. The number of aromatic carboxylic acids is 1. The van der Waals surface area contributed by atoms with E-state index in [1.807, 2.05) is 28.7 Å². The van der Waals surface area contributed by atoms with Gasteiger partial charge in [-0.05, 0) is 58.5 Å². The van der Waals surface area contributed by atoms with Gasteiger partial charge in [-0.25, -0.2) is 4.79 Å². The first kappa shape index (κ1) is 15.4. The number of halogens is 1. The number of phenols is 1. The maximum absolute atomic E-state index is 10.9. The molecule has 0 aromatic heterocycles. The topological polar surface area (TPSA) is 78.8 Å². The number of carboxylic acid groups (broad SMARTS) is 1. The number of hydrogen-bond donors (Lipinski definition) is 3. The van der Waals surface area contributed by atoms with Crippen LogP contribution >= 0.6 is 22.6 Å². The number of benzene rings is 2. The van der Waals surface area contributed by atoms with E-state index in [1.54, 1.807) is 30.3 Å². The Bertz CT molecular complexity index is 673. The largest absolute Gasteiger partial charge is 0.504 e. The van der Waals surface area contributed by atoms with E-state index in [0.29, 0.717) is 15.9 Å². The molecule has 0 atom stereocenters. The van der Waals surface area contributed by atoms with Crippen LogP contribution in [0.1, 0.15) is 15.9 Å². The SMILES string of the molecule is COc1cc(CNc2cccc(C(=O)O)c2)cc(I)c1O. The van der Waals surface area contributed by atoms with E-state index in [0.717, 1.165) is 11.3 Å². The van der Waals surface area contributed by atoms with Crippen LogP contribution in [0.3, 0.4) is 0 Å². The highest BCUT2D eigenvalue weighted by Gasteiger charge is 2.09. The van der Waals surface area contributed by atoms with Crippen LogP contribution in [-0.4, -0.2) is 23.3 Å². The molecule has 0 bridgehead atoms. The van der Waals surface area contributed by atoms with Crippen molar-refractivity contribution in [2.45, 2.75) is 6.54 Å². The van der Waals surface area contributed by atoms with Crippen molar-refractivity contribution in [2.24, 2.45) is 0 Å². The predicted molar refractivity (Wildman–Crippen MR) is 88.1 cm³/mol. The van der Waals surface area contributed by atoms with Crippen LogP contribution in [0.15, 0.2) is 36.4 Å². The van der Waals surface area contributed by atoms with E-state index in [9.17, 15) is 9.90 Å². The number of rotatable bonds is 5. The van der Waals surface area contributed by atoms with Gasteiger partial charge in [-0.1, -0.05) is 6.07 Å². The maximum atomic E-state index is 10.9. The van der Waals surface area contributed by atoms with Crippen LogP contribution in [0.25, 0.3) is 0 Å². The third-order valence-corrected chi connectivity index (χ3v) is 3.74. The van der Waals surface area contributed by atoms with E-state index in [1.165, 1.54) is 7.11 Å². The zero-order valence-electron chi connectivity index (χ0n) is 11.3. The molecule has 0 fully saturated rings. The van der Waals surface area contributed by atoms with Crippen molar-refractivity contribution in [3.05, 3.63) is 51.1 Å². The van der Waals surface area contributed by atoms with Crippen molar-refractivity contribution in [3.8, 4) is 11.5 Å². The minimum Gasteiger partial charge on any atom is -0.504 e. The lowest BCUT2D eigenvalue weighted by Gasteiger charge is -2.11. The van der Waals surface area contributed by atoms with Crippen molar-refractivity contribution in [1.29, 1.82) is 0 Å². The summed E-state index contributed by atoms with van der Waals surface area (Å²) in [5.41, 5.74) is 1.88. The summed E-state index contributed by atoms with van der Waals surface area (Å²) in [5, 5.41) is 21.9. The molecule has 0 amide bonds. The standard InChI is InChI=1S/C15H14INO4/c1-21-13-6-9(5-12(16)14(13)18)8-17-11-4-2-3-10(7-11)15(19)20/h2-7,17-18H,8H2,1H3,(H,19,20). The Hall–Kier alpha value is -1.96. The molecule has 0 unspecified atom stereocenters. The lowest BCUT2D eigenvalue weighted by molar-refractivity contribution is 0.0697. The van der Waals surface area contributed by atoms with Gasteiger partial charge >= 0.3 is 5.97 Å². The van der Waals surface area contributed by atoms with Crippen LogP contribution < -0.4 is 10.1 Å². The number of nitrogens with one attached hydrogen (secondary N) is 1. The van der Waals surface area contributed by atoms with E-state index in [-0.39, 0.29) is 11.3 Å². The molecule has 6 heteroatoms. The summed E-state index contributed by atoms with van der Waals surface area (Å²) in [5.74, 6) is -0.424. The van der Waals surface area contributed by atoms with Gasteiger partial charge in [0.1, 0.15) is 0 Å². The molecule has 0 aliphatic carbocycles. The Morgan fingerprint density at radius 2 is 2.10 bits per heavy atom. The third-order valence-electron chi connectivity index (χ3n) is 2.91. The molecule has 0 saturated carbocycles. The van der Waals surface area contributed by atoms with Gasteiger partial charge in [0.2, 0.25) is 0 Å². The number of hydrogen-bond acceptors (Lipinski definition) is 4. The number of methoxy groups -OCH3 is 1. The van der Waals surface area contributed by atoms with Crippen LogP contribution in [-0.2, 0) is 6.54 Å². The first-order valence-corrected chi connectivity index (χ1v) is 7.21. The van der Waals surface area contributed by atoms with Crippen molar-refractivity contribution in [2.75, 3.05) is 12.4 Å². The van der Waals surface area contributed by atoms with Gasteiger partial charge in [-0.2, -0.15) is 0 Å². The Balaban J connectivity index is 2.15. The smallest absolute Gasteiger partial charge is 0.335 e. The fraction of sp³-hybridized carbons (Fsp3) is 0.133. The van der Waals surface area contributed by atoms with Gasteiger partial charge < -0.3 is 20.3 Å². The fourth-order valence-corrected chi connectivity index (χ4v) is 2.52. The van der Waals surface area contributed by atoms with Gasteiger partial charge in [0.05, 0.1) is 16.2 Å². The number of ether oxygens (including phenoxy) is 1. The number of phenolic OH excluding ortho intramolecular Hbond substituents is 1. The van der Waals surface area contributed by atoms with Crippen LogP contribution in [0.5, 0.6) is 11.5 Å². The lowest BCUT2D eigenvalue weighted by Crippen LogP contribution is -2.02. The van der Waals surface area contributed by atoms with Crippen LogP contribution in [0.2, 0.25) is 0 Å². The molecule has 2 rings (SSSR count). The molecule has 2 aromatic carbocycles. The molecule has 0 heterocycles. The Labute approximate surface area is 135 Å². The number of carboxylic acids is 1. The van der Waals surface area contributed by atoms with Crippen molar-refractivity contribution >= 4 is 34.2 Å². The van der Waals surface area contributed by atoms with E-state index in [2.05, 4.69) is 5.32 Å². The third kappa shape index (κ3) is 3.78. The van der Waals surface area contributed by atoms with E-state index in [4.69, 9.17) is 9.84 Å². The summed E-state index contributed by atoms with van der Waals surface area (Å²) < 4.78 is 5.81. The minimum absolute atomic E-state index is 0.120. The summed E-state index contributed by atoms with van der Waals surface area (Å²) in [6.45, 7) is 0.496. The molecular weight excluding hydrogens is 385 g/mol. The highest BCUT2D eigenvalue weighted by molar-refractivity contribution is 14.1. The van der Waals surface area contributed by atoms with Gasteiger partial charge in [-0.15, -0.1) is 0 Å². The highest BCUT2D eigenvalue weighted by Crippen LogP contribution is 2.32. The number of anilines is 1. The monoisotopic (exact) mass is 399 g/mol. The van der Waals surface area contributed by atoms with Crippen LogP contribution in [0, 0.1) is 3.57 Å². The summed E-state index contributed by atoms with van der Waals surface area (Å²) >= 11 is 2.03. The minimum atomic E-state index is -0.959. The molecule has 0 spiro atoms. The molecule has 0 radical (unpaired) electrons. The Kier molecular flexibility index (Phi) is 4.89. The molecule has 5 nitrogen and oxygen atoms in total. The number of carbonyl (C=O) groups is 1. The molecular formula is C15H14INO4. The zero-order valence-corrected chi connectivity index (χ0v) is 13.4. The summed E-state index contributed by atoms with van der Waals surface area (Å²) in [6, 6.07) is 10.2. The first-order valence-electron chi connectivity index (χ1n) is 6.14. The van der Waals surface area contributed by atoms with Gasteiger partial charge in [-0.3, -0.25) is 0 Å².